The maximum atomic E-state index is 13.9. The Morgan fingerprint density at radius 1 is 0.667 bits per heavy atom. The minimum absolute atomic E-state index is 0.186. The van der Waals surface area contributed by atoms with E-state index in [1.807, 2.05) is 88.4 Å². The minimum Gasteiger partial charge on any atom is -0.342 e. The number of hydrogen-bond donors (Lipinski definition) is 2. The third-order valence-electron chi connectivity index (χ3n) is 7.79. The number of hydrogen-bond acceptors (Lipinski definition) is 4. The number of carbonyl (C=O) groups is 4. The molecule has 3 rings (SSSR count). The molecule has 0 radical (unpaired) electrons. The molecular formula is C31H42N4O4. The summed E-state index contributed by atoms with van der Waals surface area (Å²) in [6.07, 6.45) is 1.21. The van der Waals surface area contributed by atoms with E-state index >= 15 is 0 Å². The van der Waals surface area contributed by atoms with Gasteiger partial charge in [-0.1, -0.05) is 94.8 Å². The van der Waals surface area contributed by atoms with Crippen LogP contribution in [0.5, 0.6) is 0 Å². The number of carbonyl (C=O) groups excluding carboxylic acids is 4. The number of amides is 4. The van der Waals surface area contributed by atoms with Crippen LogP contribution in [0.1, 0.15) is 45.2 Å². The molecule has 0 spiro atoms. The van der Waals surface area contributed by atoms with Gasteiger partial charge >= 0.3 is 0 Å². The van der Waals surface area contributed by atoms with Crippen molar-refractivity contribution in [3.05, 3.63) is 71.8 Å². The Hall–Kier alpha value is -3.68. The number of nitrogens with one attached hydrogen (secondary N) is 2. The molecule has 2 aromatic rings. The van der Waals surface area contributed by atoms with Crippen LogP contribution >= 0.6 is 0 Å². The van der Waals surface area contributed by atoms with Gasteiger partial charge < -0.3 is 20.4 Å². The number of nitrogens with zero attached hydrogens (tertiary/aromatic N) is 2. The van der Waals surface area contributed by atoms with Gasteiger partial charge in [0.1, 0.15) is 24.2 Å². The van der Waals surface area contributed by atoms with E-state index in [1.165, 1.54) is 9.80 Å². The molecule has 0 aromatic heterocycles. The maximum absolute atomic E-state index is 13.9. The first kappa shape index (κ1) is 29.9. The van der Waals surface area contributed by atoms with Gasteiger partial charge in [-0.05, 0) is 23.0 Å². The van der Waals surface area contributed by atoms with E-state index in [0.29, 0.717) is 6.42 Å². The maximum Gasteiger partial charge on any atom is 0.245 e. The molecule has 2 N–H and O–H groups in total. The summed E-state index contributed by atoms with van der Waals surface area (Å²) in [5, 5.41) is 5.91. The molecule has 2 aromatic carbocycles. The van der Waals surface area contributed by atoms with E-state index in [4.69, 9.17) is 0 Å². The molecule has 1 saturated heterocycles. The van der Waals surface area contributed by atoms with E-state index in [2.05, 4.69) is 10.6 Å². The van der Waals surface area contributed by atoms with Gasteiger partial charge in [0, 0.05) is 26.9 Å². The molecule has 8 heteroatoms. The molecule has 1 aliphatic rings. The first-order valence-electron chi connectivity index (χ1n) is 13.8. The Morgan fingerprint density at radius 3 is 1.44 bits per heavy atom. The molecule has 0 unspecified atom stereocenters. The molecule has 5 atom stereocenters. The van der Waals surface area contributed by atoms with Crippen LogP contribution in [0.15, 0.2) is 60.7 Å². The Morgan fingerprint density at radius 2 is 1.05 bits per heavy atom. The zero-order valence-corrected chi connectivity index (χ0v) is 23.9. The average Bonchev–Trinajstić information content (AvgIpc) is 2.94. The molecule has 210 valence electrons. The summed E-state index contributed by atoms with van der Waals surface area (Å²) in [7, 11) is 3.19. The van der Waals surface area contributed by atoms with Gasteiger partial charge in [0.25, 0.3) is 0 Å². The second kappa shape index (κ2) is 13.4. The van der Waals surface area contributed by atoms with Crippen LogP contribution in [-0.2, 0) is 32.0 Å². The van der Waals surface area contributed by atoms with Crippen LogP contribution in [0.4, 0.5) is 0 Å². The van der Waals surface area contributed by atoms with Crippen molar-refractivity contribution in [3.63, 3.8) is 0 Å². The monoisotopic (exact) mass is 534 g/mol. The number of rotatable bonds is 7. The number of benzene rings is 2. The van der Waals surface area contributed by atoms with Crippen LogP contribution in [-0.4, -0.2) is 71.7 Å². The van der Waals surface area contributed by atoms with Gasteiger partial charge in [-0.2, -0.15) is 0 Å². The first-order chi connectivity index (χ1) is 18.5. The standard InChI is InChI=1S/C31H42N4O4/c1-7-21(4)27-31(39)35(6)24(18-22-14-10-8-11-15-22)28(36)32-26(20(2)3)30(38)34(5)25(29(37)33-27)19-23-16-12-9-13-17-23/h8-17,20-21,24-27H,7,18-19H2,1-6H3,(H,32,36)(H,33,37)/t21-,24-,25-,26-,27+/m1/s1. The van der Waals surface area contributed by atoms with E-state index in [-0.39, 0.29) is 36.5 Å². The van der Waals surface area contributed by atoms with Gasteiger partial charge in [-0.3, -0.25) is 19.2 Å². The second-order valence-corrected chi connectivity index (χ2v) is 10.9. The highest BCUT2D eigenvalue weighted by molar-refractivity contribution is 5.97. The highest BCUT2D eigenvalue weighted by atomic mass is 16.2. The summed E-state index contributed by atoms with van der Waals surface area (Å²) >= 11 is 0. The van der Waals surface area contributed by atoms with Crippen molar-refractivity contribution in [1.29, 1.82) is 0 Å². The van der Waals surface area contributed by atoms with Crippen molar-refractivity contribution in [2.45, 2.75) is 71.1 Å². The lowest BCUT2D eigenvalue weighted by atomic mass is 9.94. The van der Waals surface area contributed by atoms with Gasteiger partial charge in [0.15, 0.2) is 0 Å². The lowest BCUT2D eigenvalue weighted by molar-refractivity contribution is -0.148. The normalized spacial score (nSPS) is 24.1. The SMILES string of the molecule is CC[C@@H](C)[C@@H]1NC(=O)[C@@H](Cc2ccccc2)N(C)C(=O)[C@@H](C(C)C)NC(=O)[C@@H](Cc2ccccc2)N(C)C1=O. The van der Waals surface area contributed by atoms with E-state index < -0.39 is 36.0 Å². The fourth-order valence-electron chi connectivity index (χ4n) is 4.93. The van der Waals surface area contributed by atoms with Crippen molar-refractivity contribution in [2.24, 2.45) is 11.8 Å². The third kappa shape index (κ3) is 7.25. The summed E-state index contributed by atoms with van der Waals surface area (Å²) in [6.45, 7) is 7.58. The Labute approximate surface area is 232 Å². The molecule has 1 heterocycles. The molecule has 39 heavy (non-hydrogen) atoms. The van der Waals surface area contributed by atoms with Crippen LogP contribution in [0.25, 0.3) is 0 Å². The molecule has 1 aliphatic heterocycles. The zero-order valence-electron chi connectivity index (χ0n) is 23.9. The first-order valence-corrected chi connectivity index (χ1v) is 13.8. The number of likely N-dealkylation sites (N-methyl/N-ethyl adjacent to an activating group) is 2. The van der Waals surface area contributed by atoms with Gasteiger partial charge in [-0.15, -0.1) is 0 Å². The van der Waals surface area contributed by atoms with Gasteiger partial charge in [0.2, 0.25) is 23.6 Å². The fourth-order valence-corrected chi connectivity index (χ4v) is 4.93. The van der Waals surface area contributed by atoms with Crippen molar-refractivity contribution in [2.75, 3.05) is 14.1 Å². The van der Waals surface area contributed by atoms with Crippen molar-refractivity contribution in [3.8, 4) is 0 Å². The second-order valence-electron chi connectivity index (χ2n) is 10.9. The van der Waals surface area contributed by atoms with Gasteiger partial charge in [-0.25, -0.2) is 0 Å². The smallest absolute Gasteiger partial charge is 0.245 e. The van der Waals surface area contributed by atoms with Crippen molar-refractivity contribution in [1.82, 2.24) is 20.4 Å². The van der Waals surface area contributed by atoms with E-state index in [0.717, 1.165) is 11.1 Å². The molecule has 1 fully saturated rings. The summed E-state index contributed by atoms with van der Waals surface area (Å²) in [4.78, 5) is 58.2. The van der Waals surface area contributed by atoms with Crippen LogP contribution < -0.4 is 10.6 Å². The van der Waals surface area contributed by atoms with Crippen LogP contribution in [0.3, 0.4) is 0 Å². The molecular weight excluding hydrogens is 492 g/mol. The van der Waals surface area contributed by atoms with E-state index in [1.54, 1.807) is 14.1 Å². The largest absolute Gasteiger partial charge is 0.342 e. The average molecular weight is 535 g/mol. The predicted molar refractivity (Wildman–Crippen MR) is 152 cm³/mol. The summed E-state index contributed by atoms with van der Waals surface area (Å²) in [5.41, 5.74) is 1.78. The van der Waals surface area contributed by atoms with Crippen molar-refractivity contribution >= 4 is 23.6 Å². The summed E-state index contributed by atoms with van der Waals surface area (Å²) < 4.78 is 0. The Balaban J connectivity index is 2.08. The fraction of sp³-hybridized carbons (Fsp3) is 0.484. The topological polar surface area (TPSA) is 98.8 Å². The van der Waals surface area contributed by atoms with Gasteiger partial charge in [0.05, 0.1) is 0 Å². The summed E-state index contributed by atoms with van der Waals surface area (Å²) in [5.74, 6) is -1.89. The van der Waals surface area contributed by atoms with E-state index in [9.17, 15) is 19.2 Å². The van der Waals surface area contributed by atoms with Crippen LogP contribution in [0, 0.1) is 11.8 Å². The molecule has 0 saturated carbocycles. The zero-order chi connectivity index (χ0) is 28.7. The predicted octanol–water partition coefficient (Wildman–Crippen LogP) is 2.81. The summed E-state index contributed by atoms with van der Waals surface area (Å²) in [6, 6.07) is 15.5. The lowest BCUT2D eigenvalue weighted by Gasteiger charge is -2.38. The quantitative estimate of drug-likeness (QED) is 0.571. The molecule has 8 nitrogen and oxygen atoms in total. The van der Waals surface area contributed by atoms with Crippen molar-refractivity contribution < 1.29 is 19.2 Å². The van der Waals surface area contributed by atoms with Crippen LogP contribution in [0.2, 0.25) is 0 Å². The third-order valence-corrected chi connectivity index (χ3v) is 7.79. The lowest BCUT2D eigenvalue weighted by Crippen LogP contribution is -2.64. The Kier molecular flexibility index (Phi) is 10.3. The molecule has 4 amide bonds. The Bertz CT molecular complexity index is 1100. The minimum atomic E-state index is -0.861. The molecule has 0 aliphatic carbocycles. The molecule has 0 bridgehead atoms. The highest BCUT2D eigenvalue weighted by Gasteiger charge is 2.41. The highest BCUT2D eigenvalue weighted by Crippen LogP contribution is 2.19.